The van der Waals surface area contributed by atoms with Gasteiger partial charge in [0.2, 0.25) is 0 Å². The van der Waals surface area contributed by atoms with E-state index < -0.39 is 0 Å². The fourth-order valence-electron chi connectivity index (χ4n) is 5.52. The number of rotatable bonds is 13. The monoisotopic (exact) mass is 473 g/mol. The molecule has 4 aromatic carbocycles. The lowest BCUT2D eigenvalue weighted by Crippen LogP contribution is -2.34. The van der Waals surface area contributed by atoms with Crippen molar-refractivity contribution in [2.75, 3.05) is 0 Å². The van der Waals surface area contributed by atoms with E-state index in [-0.39, 0.29) is 5.41 Å². The van der Waals surface area contributed by atoms with Gasteiger partial charge in [-0.05, 0) is 84.5 Å². The second-order valence-corrected chi connectivity index (χ2v) is 10.7. The summed E-state index contributed by atoms with van der Waals surface area (Å²) in [5.74, 6) is 2.27. The van der Waals surface area contributed by atoms with Crippen LogP contribution in [-0.4, -0.2) is 0 Å². The highest BCUT2D eigenvalue weighted by molar-refractivity contribution is 5.24. The number of aryl methyl sites for hydroxylation is 2. The van der Waals surface area contributed by atoms with E-state index in [1.54, 1.807) is 5.92 Å². The lowest BCUT2D eigenvalue weighted by atomic mass is 9.63. The van der Waals surface area contributed by atoms with Crippen molar-refractivity contribution in [2.45, 2.75) is 58.8 Å². The van der Waals surface area contributed by atoms with Crippen molar-refractivity contribution in [3.05, 3.63) is 149 Å². The van der Waals surface area contributed by atoms with Crippen molar-refractivity contribution < 1.29 is 0 Å². The highest BCUT2D eigenvalue weighted by Crippen LogP contribution is 2.45. The predicted molar refractivity (Wildman–Crippen MR) is 155 cm³/mol. The molecular formula is C36H41. The Morgan fingerprint density at radius 1 is 0.556 bits per heavy atom. The molecule has 0 N–H and O–H groups in total. The molecule has 0 aliphatic rings. The zero-order valence-corrected chi connectivity index (χ0v) is 22.1. The van der Waals surface area contributed by atoms with Gasteiger partial charge >= 0.3 is 0 Å². The molecule has 0 fully saturated rings. The fourth-order valence-corrected chi connectivity index (χ4v) is 5.52. The van der Waals surface area contributed by atoms with Crippen molar-refractivity contribution in [2.24, 2.45) is 11.3 Å². The van der Waals surface area contributed by atoms with E-state index in [0.29, 0.717) is 5.92 Å². The highest BCUT2D eigenvalue weighted by atomic mass is 14.4. The van der Waals surface area contributed by atoms with Crippen LogP contribution in [0.1, 0.15) is 55.4 Å². The third kappa shape index (κ3) is 7.69. The molecule has 0 amide bonds. The average Bonchev–Trinajstić information content (AvgIpc) is 2.92. The van der Waals surface area contributed by atoms with Crippen LogP contribution < -0.4 is 0 Å². The Morgan fingerprint density at radius 2 is 1.00 bits per heavy atom. The number of hydrogen-bond acceptors (Lipinski definition) is 0. The Balaban J connectivity index is 1.55. The first-order valence-electron chi connectivity index (χ1n) is 13.6. The van der Waals surface area contributed by atoms with Gasteiger partial charge in [-0.2, -0.15) is 0 Å². The molecule has 4 aromatic rings. The summed E-state index contributed by atoms with van der Waals surface area (Å²) in [7, 11) is 0. The van der Waals surface area contributed by atoms with Gasteiger partial charge in [-0.25, -0.2) is 0 Å². The zero-order valence-electron chi connectivity index (χ0n) is 22.1. The van der Waals surface area contributed by atoms with E-state index in [4.69, 9.17) is 0 Å². The summed E-state index contributed by atoms with van der Waals surface area (Å²) in [6.45, 7) is 5.04. The minimum absolute atomic E-state index is 0.136. The van der Waals surface area contributed by atoms with Gasteiger partial charge in [0.1, 0.15) is 0 Å². The maximum atomic E-state index is 2.52. The zero-order chi connectivity index (χ0) is 25.1. The molecule has 0 heteroatoms. The first-order chi connectivity index (χ1) is 17.6. The molecule has 0 saturated carbocycles. The van der Waals surface area contributed by atoms with Gasteiger partial charge in [0.25, 0.3) is 0 Å². The second-order valence-electron chi connectivity index (χ2n) is 10.7. The summed E-state index contributed by atoms with van der Waals surface area (Å²) in [6, 6.07) is 44.2. The second kappa shape index (κ2) is 13.3. The van der Waals surface area contributed by atoms with Gasteiger partial charge in [0.05, 0.1) is 0 Å². The number of benzene rings is 4. The Labute approximate surface area is 219 Å². The lowest BCUT2D eigenvalue weighted by Gasteiger charge is -2.42. The third-order valence-corrected chi connectivity index (χ3v) is 7.93. The summed E-state index contributed by atoms with van der Waals surface area (Å²) in [5, 5.41) is 0. The van der Waals surface area contributed by atoms with Crippen LogP contribution in [0.25, 0.3) is 0 Å². The first kappa shape index (κ1) is 26.0. The highest BCUT2D eigenvalue weighted by Gasteiger charge is 2.37. The molecule has 1 atom stereocenters. The largest absolute Gasteiger partial charge is 0.0622 e. The first-order valence-corrected chi connectivity index (χ1v) is 13.6. The minimum Gasteiger partial charge on any atom is -0.0622 e. The van der Waals surface area contributed by atoms with Crippen LogP contribution in [0.3, 0.4) is 0 Å². The molecule has 1 unspecified atom stereocenters. The van der Waals surface area contributed by atoms with Crippen LogP contribution in [0.4, 0.5) is 0 Å². The van der Waals surface area contributed by atoms with E-state index >= 15 is 0 Å². The molecule has 4 rings (SSSR count). The minimum atomic E-state index is 0.136. The van der Waals surface area contributed by atoms with Crippen LogP contribution in [0.15, 0.2) is 121 Å². The molecule has 0 saturated heterocycles. The molecule has 0 bridgehead atoms. The lowest BCUT2D eigenvalue weighted by molar-refractivity contribution is 0.198. The molecule has 0 nitrogen and oxygen atoms in total. The van der Waals surface area contributed by atoms with Gasteiger partial charge in [-0.1, -0.05) is 135 Å². The van der Waals surface area contributed by atoms with Gasteiger partial charge in [-0.15, -0.1) is 0 Å². The van der Waals surface area contributed by atoms with E-state index in [2.05, 4.69) is 135 Å². The summed E-state index contributed by atoms with van der Waals surface area (Å²) in [5.41, 5.74) is 5.91. The Morgan fingerprint density at radius 3 is 1.53 bits per heavy atom. The maximum Gasteiger partial charge on any atom is -0.0138 e. The number of hydrogen-bond donors (Lipinski definition) is 0. The summed E-state index contributed by atoms with van der Waals surface area (Å²) in [6.07, 6.45) is 8.03. The van der Waals surface area contributed by atoms with Crippen LogP contribution in [0, 0.1) is 17.3 Å². The van der Waals surface area contributed by atoms with Crippen molar-refractivity contribution in [3.63, 3.8) is 0 Å². The van der Waals surface area contributed by atoms with Gasteiger partial charge < -0.3 is 0 Å². The Bertz CT molecular complexity index is 1110. The average molecular weight is 474 g/mol. The summed E-state index contributed by atoms with van der Waals surface area (Å²) >= 11 is 0. The molecule has 0 heterocycles. The Hall–Kier alpha value is -3.12. The van der Waals surface area contributed by atoms with E-state index in [1.165, 1.54) is 41.5 Å². The maximum absolute atomic E-state index is 2.52. The third-order valence-electron chi connectivity index (χ3n) is 7.93. The van der Waals surface area contributed by atoms with Gasteiger partial charge in [0.15, 0.2) is 0 Å². The van der Waals surface area contributed by atoms with Crippen molar-refractivity contribution in [1.82, 2.24) is 0 Å². The molecule has 185 valence electrons. The normalized spacial score (nSPS) is 12.5. The van der Waals surface area contributed by atoms with Crippen LogP contribution in [-0.2, 0) is 25.7 Å². The van der Waals surface area contributed by atoms with E-state index in [9.17, 15) is 0 Å². The van der Waals surface area contributed by atoms with Crippen LogP contribution in [0.2, 0.25) is 0 Å². The molecule has 36 heavy (non-hydrogen) atoms. The predicted octanol–water partition coefficient (Wildman–Crippen LogP) is 9.34. The smallest absolute Gasteiger partial charge is 0.0138 e. The quantitative estimate of drug-likeness (QED) is 0.181. The molecule has 0 aliphatic carbocycles. The van der Waals surface area contributed by atoms with Crippen molar-refractivity contribution in [3.8, 4) is 0 Å². The molecular weight excluding hydrogens is 432 g/mol. The molecule has 0 aliphatic heterocycles. The van der Waals surface area contributed by atoms with Crippen molar-refractivity contribution in [1.29, 1.82) is 0 Å². The topological polar surface area (TPSA) is 0 Å². The molecule has 0 aromatic heterocycles. The van der Waals surface area contributed by atoms with Crippen molar-refractivity contribution >= 4 is 0 Å². The van der Waals surface area contributed by atoms with Crippen LogP contribution in [0.5, 0.6) is 0 Å². The summed E-state index contributed by atoms with van der Waals surface area (Å²) < 4.78 is 0. The van der Waals surface area contributed by atoms with E-state index in [0.717, 1.165) is 25.7 Å². The van der Waals surface area contributed by atoms with Gasteiger partial charge in [0, 0.05) is 0 Å². The fraction of sp³-hybridized carbons (Fsp3) is 0.306. The van der Waals surface area contributed by atoms with Gasteiger partial charge in [-0.3, -0.25) is 0 Å². The summed E-state index contributed by atoms with van der Waals surface area (Å²) in [4.78, 5) is 0. The molecule has 0 spiro atoms. The SMILES string of the molecule is CC(C)([C](CCCc1ccccc1)Cc1ccccc1)C(CCc1ccccc1)Cc1ccccc1. The standard InChI is InChI=1S/C36H41/c1-36(2,35(29-33-22-13-6-14-23-33)27-26-31-18-9-4-10-19-31)34(28-32-20-11-5-12-21-32)25-15-24-30-16-7-3-8-17-30/h3-14,16-23,35H,15,24-29H2,1-2H3. The van der Waals surface area contributed by atoms with Crippen LogP contribution >= 0.6 is 0 Å². The Kier molecular flexibility index (Phi) is 9.56. The molecule has 1 radical (unpaired) electrons. The van der Waals surface area contributed by atoms with E-state index in [1.807, 2.05) is 0 Å².